The molecule has 2 aromatic rings. The standard InChI is InChI=1S/C16H18BrN/c1-2-16(13-8-4-3-5-9-13)18-12-14-10-6-7-11-15(14)17/h3-11,16,18H,2,12H2,1H3. The first kappa shape index (κ1) is 13.3. The van der Waals surface area contributed by atoms with E-state index in [0.29, 0.717) is 6.04 Å². The number of halogens is 1. The topological polar surface area (TPSA) is 12.0 Å². The van der Waals surface area contributed by atoms with Crippen molar-refractivity contribution in [3.05, 3.63) is 70.2 Å². The molecule has 0 aromatic heterocycles. The predicted molar refractivity (Wildman–Crippen MR) is 80.5 cm³/mol. The van der Waals surface area contributed by atoms with Crippen LogP contribution in [0.3, 0.4) is 0 Å². The molecule has 0 spiro atoms. The normalized spacial score (nSPS) is 12.3. The molecular formula is C16H18BrN. The molecule has 1 nitrogen and oxygen atoms in total. The van der Waals surface area contributed by atoms with Crippen molar-refractivity contribution in [3.8, 4) is 0 Å². The van der Waals surface area contributed by atoms with Crippen LogP contribution >= 0.6 is 15.9 Å². The minimum absolute atomic E-state index is 0.415. The van der Waals surface area contributed by atoms with Gasteiger partial charge in [0.15, 0.2) is 0 Å². The summed E-state index contributed by atoms with van der Waals surface area (Å²) in [6.07, 6.45) is 1.09. The molecule has 0 fully saturated rings. The van der Waals surface area contributed by atoms with Crippen molar-refractivity contribution >= 4 is 15.9 Å². The Bertz CT molecular complexity index is 481. The molecule has 0 aliphatic heterocycles. The Morgan fingerprint density at radius 3 is 2.33 bits per heavy atom. The minimum Gasteiger partial charge on any atom is -0.306 e. The summed E-state index contributed by atoms with van der Waals surface area (Å²) in [5.74, 6) is 0. The third-order valence-electron chi connectivity index (χ3n) is 3.11. The van der Waals surface area contributed by atoms with Crippen molar-refractivity contribution in [2.75, 3.05) is 0 Å². The van der Waals surface area contributed by atoms with Gasteiger partial charge >= 0.3 is 0 Å². The maximum absolute atomic E-state index is 3.61. The fourth-order valence-electron chi connectivity index (χ4n) is 2.06. The van der Waals surface area contributed by atoms with Crippen molar-refractivity contribution < 1.29 is 0 Å². The van der Waals surface area contributed by atoms with Gasteiger partial charge in [0.05, 0.1) is 0 Å². The fourth-order valence-corrected chi connectivity index (χ4v) is 2.48. The van der Waals surface area contributed by atoms with Crippen LogP contribution in [-0.4, -0.2) is 0 Å². The van der Waals surface area contributed by atoms with Crippen molar-refractivity contribution in [1.29, 1.82) is 0 Å². The smallest absolute Gasteiger partial charge is 0.0320 e. The van der Waals surface area contributed by atoms with Gasteiger partial charge in [-0.25, -0.2) is 0 Å². The lowest BCUT2D eigenvalue weighted by molar-refractivity contribution is 0.518. The molecule has 2 heteroatoms. The number of hydrogen-bond donors (Lipinski definition) is 1. The molecule has 0 aliphatic rings. The van der Waals surface area contributed by atoms with Crippen LogP contribution in [0, 0.1) is 0 Å². The Morgan fingerprint density at radius 2 is 1.67 bits per heavy atom. The van der Waals surface area contributed by atoms with E-state index in [1.807, 2.05) is 6.07 Å². The number of benzene rings is 2. The average molecular weight is 304 g/mol. The van der Waals surface area contributed by atoms with Crippen molar-refractivity contribution in [1.82, 2.24) is 5.32 Å². The molecule has 0 aliphatic carbocycles. The summed E-state index contributed by atoms with van der Waals surface area (Å²) < 4.78 is 1.17. The van der Waals surface area contributed by atoms with Crippen LogP contribution in [0.4, 0.5) is 0 Å². The van der Waals surface area contributed by atoms with Crippen LogP contribution in [0.1, 0.15) is 30.5 Å². The van der Waals surface area contributed by atoms with Gasteiger partial charge in [-0.2, -0.15) is 0 Å². The average Bonchev–Trinajstić information content (AvgIpc) is 2.42. The highest BCUT2D eigenvalue weighted by atomic mass is 79.9. The molecule has 0 saturated heterocycles. The maximum atomic E-state index is 3.61. The van der Waals surface area contributed by atoms with Gasteiger partial charge in [-0.15, -0.1) is 0 Å². The van der Waals surface area contributed by atoms with E-state index in [9.17, 15) is 0 Å². The molecule has 1 atom stereocenters. The lowest BCUT2D eigenvalue weighted by Crippen LogP contribution is -2.20. The summed E-state index contributed by atoms with van der Waals surface area (Å²) in [7, 11) is 0. The Balaban J connectivity index is 2.02. The largest absolute Gasteiger partial charge is 0.306 e. The van der Waals surface area contributed by atoms with Gasteiger partial charge in [-0.1, -0.05) is 71.4 Å². The minimum atomic E-state index is 0.415. The molecule has 2 rings (SSSR count). The maximum Gasteiger partial charge on any atom is 0.0320 e. The molecule has 94 valence electrons. The van der Waals surface area contributed by atoms with Crippen LogP contribution in [0.15, 0.2) is 59.1 Å². The summed E-state index contributed by atoms with van der Waals surface area (Å²) in [6.45, 7) is 3.10. The number of rotatable bonds is 5. The Hall–Kier alpha value is -1.12. The molecule has 0 bridgehead atoms. The van der Waals surface area contributed by atoms with E-state index in [1.54, 1.807) is 0 Å². The summed E-state index contributed by atoms with van der Waals surface area (Å²) >= 11 is 3.58. The zero-order valence-corrected chi connectivity index (χ0v) is 12.2. The highest BCUT2D eigenvalue weighted by Gasteiger charge is 2.08. The van der Waals surface area contributed by atoms with E-state index in [4.69, 9.17) is 0 Å². The predicted octanol–water partition coefficient (Wildman–Crippen LogP) is 4.69. The van der Waals surface area contributed by atoms with Gasteiger partial charge in [0.2, 0.25) is 0 Å². The quantitative estimate of drug-likeness (QED) is 0.845. The van der Waals surface area contributed by atoms with Crippen LogP contribution in [0.2, 0.25) is 0 Å². The van der Waals surface area contributed by atoms with E-state index < -0.39 is 0 Å². The third kappa shape index (κ3) is 3.44. The molecule has 0 radical (unpaired) electrons. The second-order valence-electron chi connectivity index (χ2n) is 4.34. The van der Waals surface area contributed by atoms with Gasteiger partial charge in [-0.05, 0) is 23.6 Å². The van der Waals surface area contributed by atoms with E-state index in [0.717, 1.165) is 13.0 Å². The van der Waals surface area contributed by atoms with E-state index in [2.05, 4.69) is 76.7 Å². The number of nitrogens with one attached hydrogen (secondary N) is 1. The van der Waals surface area contributed by atoms with Gasteiger partial charge in [0, 0.05) is 17.1 Å². The molecule has 0 saturated carbocycles. The van der Waals surface area contributed by atoms with E-state index in [-0.39, 0.29) is 0 Å². The Morgan fingerprint density at radius 1 is 1.00 bits per heavy atom. The second kappa shape index (κ2) is 6.72. The van der Waals surface area contributed by atoms with Gasteiger partial charge < -0.3 is 5.32 Å². The lowest BCUT2D eigenvalue weighted by Gasteiger charge is -2.18. The first-order valence-corrected chi connectivity index (χ1v) is 7.12. The lowest BCUT2D eigenvalue weighted by atomic mass is 10.0. The molecule has 2 aromatic carbocycles. The van der Waals surface area contributed by atoms with Gasteiger partial charge in [0.25, 0.3) is 0 Å². The first-order valence-electron chi connectivity index (χ1n) is 6.33. The molecule has 1 N–H and O–H groups in total. The van der Waals surface area contributed by atoms with E-state index in [1.165, 1.54) is 15.6 Å². The highest BCUT2D eigenvalue weighted by Crippen LogP contribution is 2.19. The molecule has 0 amide bonds. The zero-order chi connectivity index (χ0) is 12.8. The summed E-state index contributed by atoms with van der Waals surface area (Å²) in [4.78, 5) is 0. The van der Waals surface area contributed by atoms with Crippen LogP contribution in [-0.2, 0) is 6.54 Å². The Kier molecular flexibility index (Phi) is 4.97. The van der Waals surface area contributed by atoms with Crippen molar-refractivity contribution in [3.63, 3.8) is 0 Å². The SMILES string of the molecule is CCC(NCc1ccccc1Br)c1ccccc1. The summed E-state index contributed by atoms with van der Waals surface area (Å²) in [5.41, 5.74) is 2.65. The summed E-state index contributed by atoms with van der Waals surface area (Å²) in [5, 5.41) is 3.61. The van der Waals surface area contributed by atoms with Crippen LogP contribution in [0.25, 0.3) is 0 Å². The second-order valence-corrected chi connectivity index (χ2v) is 5.20. The molecule has 0 heterocycles. The molecule has 1 unspecified atom stereocenters. The third-order valence-corrected chi connectivity index (χ3v) is 3.88. The van der Waals surface area contributed by atoms with Crippen molar-refractivity contribution in [2.24, 2.45) is 0 Å². The van der Waals surface area contributed by atoms with Gasteiger partial charge in [-0.3, -0.25) is 0 Å². The van der Waals surface area contributed by atoms with Crippen molar-refractivity contribution in [2.45, 2.75) is 25.9 Å². The van der Waals surface area contributed by atoms with Crippen LogP contribution < -0.4 is 5.32 Å². The summed E-state index contributed by atoms with van der Waals surface area (Å²) in [6, 6.07) is 19.4. The zero-order valence-electron chi connectivity index (χ0n) is 10.6. The number of hydrogen-bond acceptors (Lipinski definition) is 1. The highest BCUT2D eigenvalue weighted by molar-refractivity contribution is 9.10. The molecular weight excluding hydrogens is 286 g/mol. The van der Waals surface area contributed by atoms with Gasteiger partial charge in [0.1, 0.15) is 0 Å². The first-order chi connectivity index (χ1) is 8.81. The van der Waals surface area contributed by atoms with Crippen LogP contribution in [0.5, 0.6) is 0 Å². The molecule has 18 heavy (non-hydrogen) atoms. The van der Waals surface area contributed by atoms with E-state index >= 15 is 0 Å². The monoisotopic (exact) mass is 303 g/mol. The fraction of sp³-hybridized carbons (Fsp3) is 0.250. The Labute approximate surface area is 117 Å².